The molecule has 0 radical (unpaired) electrons. The van der Waals surface area contributed by atoms with Crippen molar-refractivity contribution in [2.24, 2.45) is 7.05 Å². The number of anilines is 1. The van der Waals surface area contributed by atoms with Crippen LogP contribution in [0.2, 0.25) is 5.02 Å². The molecule has 1 amide bonds. The third-order valence-corrected chi connectivity index (χ3v) is 5.47. The maximum Gasteiger partial charge on any atom is 0.234 e. The van der Waals surface area contributed by atoms with E-state index in [1.54, 1.807) is 11.6 Å². The van der Waals surface area contributed by atoms with E-state index in [1.165, 1.54) is 35.5 Å². The number of nitrogens with one attached hydrogen (secondary N) is 1. The van der Waals surface area contributed by atoms with Crippen LogP contribution in [-0.2, 0) is 24.9 Å². The summed E-state index contributed by atoms with van der Waals surface area (Å²) >= 11 is 7.03. The van der Waals surface area contributed by atoms with Crippen LogP contribution < -0.4 is 10.1 Å². The molecular formula is C20H20ClFN4O2S. The van der Waals surface area contributed by atoms with Gasteiger partial charge < -0.3 is 14.6 Å². The zero-order valence-electron chi connectivity index (χ0n) is 16.0. The highest BCUT2D eigenvalue weighted by molar-refractivity contribution is 7.99. The summed E-state index contributed by atoms with van der Waals surface area (Å²) in [6.07, 6.45) is 0.955. The van der Waals surface area contributed by atoms with Crippen molar-refractivity contribution in [2.75, 3.05) is 11.1 Å². The first kappa shape index (κ1) is 21.1. The molecule has 1 N–H and O–H groups in total. The fourth-order valence-electron chi connectivity index (χ4n) is 2.46. The second kappa shape index (κ2) is 9.76. The Morgan fingerprint density at radius 3 is 2.69 bits per heavy atom. The maximum atomic E-state index is 13.2. The third kappa shape index (κ3) is 5.71. The summed E-state index contributed by atoms with van der Waals surface area (Å²) in [5, 5.41) is 11.6. The highest BCUT2D eigenvalue weighted by Crippen LogP contribution is 2.22. The number of aromatic nitrogens is 3. The first-order chi connectivity index (χ1) is 14.0. The van der Waals surface area contributed by atoms with Gasteiger partial charge in [0.2, 0.25) is 5.91 Å². The molecule has 0 saturated heterocycles. The lowest BCUT2D eigenvalue weighted by atomic mass is 10.1. The molecule has 0 saturated carbocycles. The van der Waals surface area contributed by atoms with Gasteiger partial charge in [-0.1, -0.05) is 42.4 Å². The Bertz CT molecular complexity index is 995. The number of carbonyl (C=O) groups excluding carboxylic acids is 1. The van der Waals surface area contributed by atoms with Gasteiger partial charge in [-0.05, 0) is 36.2 Å². The monoisotopic (exact) mass is 434 g/mol. The van der Waals surface area contributed by atoms with Gasteiger partial charge in [0.15, 0.2) is 11.0 Å². The number of benzene rings is 2. The van der Waals surface area contributed by atoms with Crippen LogP contribution in [0.15, 0.2) is 47.6 Å². The molecule has 3 aromatic rings. The van der Waals surface area contributed by atoms with Crippen LogP contribution in [0, 0.1) is 5.82 Å². The summed E-state index contributed by atoms with van der Waals surface area (Å²) in [7, 11) is 1.79. The number of rotatable bonds is 8. The Balaban J connectivity index is 1.52. The fraction of sp³-hybridized carbons (Fsp3) is 0.250. The van der Waals surface area contributed by atoms with Crippen LogP contribution in [-0.4, -0.2) is 26.4 Å². The summed E-state index contributed by atoms with van der Waals surface area (Å²) in [5.74, 6) is 0.582. The van der Waals surface area contributed by atoms with Crippen molar-refractivity contribution in [1.29, 1.82) is 0 Å². The van der Waals surface area contributed by atoms with Crippen molar-refractivity contribution in [3.05, 3.63) is 64.7 Å². The normalized spacial score (nSPS) is 10.8. The number of carbonyl (C=O) groups is 1. The van der Waals surface area contributed by atoms with E-state index in [-0.39, 0.29) is 23.3 Å². The minimum Gasteiger partial charge on any atom is -0.486 e. The minimum atomic E-state index is -0.504. The van der Waals surface area contributed by atoms with E-state index in [9.17, 15) is 9.18 Å². The molecule has 0 aliphatic carbocycles. The first-order valence-electron chi connectivity index (χ1n) is 8.94. The van der Waals surface area contributed by atoms with Gasteiger partial charge in [-0.2, -0.15) is 0 Å². The van der Waals surface area contributed by atoms with Gasteiger partial charge in [-0.15, -0.1) is 10.2 Å². The van der Waals surface area contributed by atoms with Gasteiger partial charge in [0, 0.05) is 18.8 Å². The molecule has 0 aliphatic heterocycles. The van der Waals surface area contributed by atoms with Gasteiger partial charge in [0.25, 0.3) is 0 Å². The number of ether oxygens (including phenoxy) is 1. The molecule has 152 valence electrons. The van der Waals surface area contributed by atoms with E-state index in [0.717, 1.165) is 12.1 Å². The summed E-state index contributed by atoms with van der Waals surface area (Å²) in [4.78, 5) is 12.2. The number of hydrogen-bond donors (Lipinski definition) is 1. The van der Waals surface area contributed by atoms with Crippen molar-refractivity contribution < 1.29 is 13.9 Å². The van der Waals surface area contributed by atoms with Gasteiger partial charge in [-0.25, -0.2) is 4.39 Å². The lowest BCUT2D eigenvalue weighted by Crippen LogP contribution is -2.14. The van der Waals surface area contributed by atoms with Crippen LogP contribution in [0.5, 0.6) is 5.75 Å². The number of amides is 1. The predicted molar refractivity (Wildman–Crippen MR) is 112 cm³/mol. The fourth-order valence-corrected chi connectivity index (χ4v) is 3.36. The van der Waals surface area contributed by atoms with Crippen molar-refractivity contribution in [3.8, 4) is 5.75 Å². The van der Waals surface area contributed by atoms with Crippen molar-refractivity contribution >= 4 is 35.0 Å². The quantitative estimate of drug-likeness (QED) is 0.529. The van der Waals surface area contributed by atoms with Crippen LogP contribution in [0.3, 0.4) is 0 Å². The molecule has 1 heterocycles. The van der Waals surface area contributed by atoms with Crippen LogP contribution in [0.1, 0.15) is 18.3 Å². The Morgan fingerprint density at radius 2 is 2.00 bits per heavy atom. The van der Waals surface area contributed by atoms with Crippen LogP contribution in [0.4, 0.5) is 10.1 Å². The van der Waals surface area contributed by atoms with Gasteiger partial charge in [0.1, 0.15) is 18.2 Å². The summed E-state index contributed by atoms with van der Waals surface area (Å²) in [6.45, 7) is 2.22. The molecule has 0 unspecified atom stereocenters. The number of thioether (sulfide) groups is 1. The minimum absolute atomic E-state index is 0.00736. The molecule has 0 spiro atoms. The zero-order valence-corrected chi connectivity index (χ0v) is 17.6. The van der Waals surface area contributed by atoms with E-state index >= 15 is 0 Å². The molecule has 29 heavy (non-hydrogen) atoms. The van der Waals surface area contributed by atoms with Crippen molar-refractivity contribution in [1.82, 2.24) is 14.8 Å². The van der Waals surface area contributed by atoms with Gasteiger partial charge in [-0.3, -0.25) is 4.79 Å². The number of halogens is 2. The summed E-state index contributed by atoms with van der Waals surface area (Å²) < 4.78 is 20.5. The highest BCUT2D eigenvalue weighted by atomic mass is 35.5. The second-order valence-corrected chi connectivity index (χ2v) is 7.56. The molecule has 0 aliphatic rings. The Labute approximate surface area is 177 Å². The van der Waals surface area contributed by atoms with E-state index in [1.807, 2.05) is 24.3 Å². The molecule has 9 heteroatoms. The predicted octanol–water partition coefficient (Wildman–Crippen LogP) is 4.48. The summed E-state index contributed by atoms with van der Waals surface area (Å²) in [6, 6.07) is 11.9. The smallest absolute Gasteiger partial charge is 0.234 e. The highest BCUT2D eigenvalue weighted by Gasteiger charge is 2.13. The molecule has 1 aromatic heterocycles. The lowest BCUT2D eigenvalue weighted by Gasteiger charge is -2.08. The Morgan fingerprint density at radius 1 is 1.24 bits per heavy atom. The van der Waals surface area contributed by atoms with Crippen LogP contribution >= 0.6 is 23.4 Å². The standard InChI is InChI=1S/C20H20ClFN4O2S/c1-3-13-4-6-14(7-5-13)23-19(27)12-29-20-25-24-18(26(20)2)11-28-15-8-9-17(22)16(21)10-15/h4-10H,3,11-12H2,1-2H3,(H,23,27). The largest absolute Gasteiger partial charge is 0.486 e. The molecule has 6 nitrogen and oxygen atoms in total. The molecule has 0 atom stereocenters. The van der Waals surface area contributed by atoms with E-state index in [0.29, 0.717) is 16.7 Å². The Kier molecular flexibility index (Phi) is 7.11. The molecule has 2 aromatic carbocycles. The molecular weight excluding hydrogens is 415 g/mol. The number of nitrogens with zero attached hydrogens (tertiary/aromatic N) is 3. The maximum absolute atomic E-state index is 13.2. The van der Waals surface area contributed by atoms with E-state index in [2.05, 4.69) is 22.4 Å². The SMILES string of the molecule is CCc1ccc(NC(=O)CSc2nnc(COc3ccc(F)c(Cl)c3)n2C)cc1. The van der Waals surface area contributed by atoms with Gasteiger partial charge >= 0.3 is 0 Å². The van der Waals surface area contributed by atoms with Crippen molar-refractivity contribution in [3.63, 3.8) is 0 Å². The van der Waals surface area contributed by atoms with Crippen LogP contribution in [0.25, 0.3) is 0 Å². The van der Waals surface area contributed by atoms with E-state index in [4.69, 9.17) is 16.3 Å². The average molecular weight is 435 g/mol. The Hall–Kier alpha value is -2.58. The molecule has 0 fully saturated rings. The number of aryl methyl sites for hydroxylation is 1. The topological polar surface area (TPSA) is 69.0 Å². The van der Waals surface area contributed by atoms with Crippen molar-refractivity contribution in [2.45, 2.75) is 25.1 Å². The second-order valence-electron chi connectivity index (χ2n) is 6.21. The average Bonchev–Trinajstić information content (AvgIpc) is 3.07. The first-order valence-corrected chi connectivity index (χ1v) is 10.3. The molecule has 0 bridgehead atoms. The number of hydrogen-bond acceptors (Lipinski definition) is 5. The van der Waals surface area contributed by atoms with E-state index < -0.39 is 5.82 Å². The zero-order chi connectivity index (χ0) is 20.8. The summed E-state index contributed by atoms with van der Waals surface area (Å²) in [5.41, 5.74) is 1.98. The van der Waals surface area contributed by atoms with Gasteiger partial charge in [0.05, 0.1) is 10.8 Å². The third-order valence-electron chi connectivity index (χ3n) is 4.16. The lowest BCUT2D eigenvalue weighted by molar-refractivity contribution is -0.113. The molecule has 3 rings (SSSR count).